The quantitative estimate of drug-likeness (QED) is 0.710. The largest absolute Gasteiger partial charge is 0.484 e. The summed E-state index contributed by atoms with van der Waals surface area (Å²) in [5.41, 5.74) is 1.46. The van der Waals surface area contributed by atoms with E-state index in [-0.39, 0.29) is 24.5 Å². The Bertz CT molecular complexity index is 882. The number of furan rings is 1. The molecule has 0 aliphatic heterocycles. The minimum Gasteiger partial charge on any atom is -0.484 e. The van der Waals surface area contributed by atoms with E-state index in [2.05, 4.69) is 10.6 Å². The van der Waals surface area contributed by atoms with E-state index in [1.165, 1.54) is 6.92 Å². The maximum absolute atomic E-state index is 12.1. The number of nitrogens with one attached hydrogen (secondary N) is 2. The molecule has 0 aliphatic carbocycles. The van der Waals surface area contributed by atoms with E-state index in [4.69, 9.17) is 9.15 Å². The van der Waals surface area contributed by atoms with E-state index in [9.17, 15) is 9.59 Å². The standard InChI is InChI=1S/C20H20N2O4/c1-13(19-11-15-5-3-4-6-18(15)26-19)21-20(24)12-25-17-9-7-16(8-10-17)22-14(2)23/h3-11,13H,12H2,1-2H3,(H,21,24)(H,22,23)/t13-/m0/s1. The molecule has 0 aliphatic rings. The van der Waals surface area contributed by atoms with E-state index in [0.717, 1.165) is 11.0 Å². The summed E-state index contributed by atoms with van der Waals surface area (Å²) in [5.74, 6) is 0.853. The number of ether oxygens (including phenoxy) is 1. The van der Waals surface area contributed by atoms with Crippen LogP contribution in [0.15, 0.2) is 59.0 Å². The molecular formula is C20H20N2O4. The summed E-state index contributed by atoms with van der Waals surface area (Å²) in [4.78, 5) is 23.1. The van der Waals surface area contributed by atoms with Crippen molar-refractivity contribution in [2.24, 2.45) is 0 Å². The van der Waals surface area contributed by atoms with E-state index < -0.39 is 0 Å². The first-order valence-electron chi connectivity index (χ1n) is 8.29. The number of anilines is 1. The first-order valence-corrected chi connectivity index (χ1v) is 8.29. The van der Waals surface area contributed by atoms with Gasteiger partial charge < -0.3 is 19.8 Å². The fraction of sp³-hybridized carbons (Fsp3) is 0.200. The molecule has 2 amide bonds. The summed E-state index contributed by atoms with van der Waals surface area (Å²) in [7, 11) is 0. The maximum atomic E-state index is 12.1. The summed E-state index contributed by atoms with van der Waals surface area (Å²) in [5, 5.41) is 6.52. The van der Waals surface area contributed by atoms with Crippen LogP contribution < -0.4 is 15.4 Å². The lowest BCUT2D eigenvalue weighted by Crippen LogP contribution is -2.31. The van der Waals surface area contributed by atoms with Gasteiger partial charge in [-0.1, -0.05) is 18.2 Å². The third kappa shape index (κ3) is 4.42. The second kappa shape index (κ2) is 7.74. The lowest BCUT2D eigenvalue weighted by molar-refractivity contribution is -0.123. The number of amides is 2. The van der Waals surface area contributed by atoms with E-state index in [0.29, 0.717) is 17.2 Å². The highest BCUT2D eigenvalue weighted by Gasteiger charge is 2.14. The van der Waals surface area contributed by atoms with E-state index >= 15 is 0 Å². The average Bonchev–Trinajstić information content (AvgIpc) is 3.05. The number of carbonyl (C=O) groups excluding carboxylic acids is 2. The van der Waals surface area contributed by atoms with Crippen LogP contribution in [-0.2, 0) is 9.59 Å². The van der Waals surface area contributed by atoms with Gasteiger partial charge in [0.2, 0.25) is 5.91 Å². The summed E-state index contributed by atoms with van der Waals surface area (Å²) in [6, 6.07) is 16.2. The van der Waals surface area contributed by atoms with Crippen LogP contribution in [0.3, 0.4) is 0 Å². The fourth-order valence-electron chi connectivity index (χ4n) is 2.56. The number of para-hydroxylation sites is 1. The van der Waals surface area contributed by atoms with Gasteiger partial charge in [-0.2, -0.15) is 0 Å². The molecule has 0 unspecified atom stereocenters. The SMILES string of the molecule is CC(=O)Nc1ccc(OCC(=O)N[C@@H](C)c2cc3ccccc3o2)cc1. The Morgan fingerprint density at radius 1 is 1.12 bits per heavy atom. The topological polar surface area (TPSA) is 80.6 Å². The van der Waals surface area contributed by atoms with Crippen LogP contribution in [0.5, 0.6) is 5.75 Å². The Morgan fingerprint density at radius 2 is 1.85 bits per heavy atom. The monoisotopic (exact) mass is 352 g/mol. The Hall–Kier alpha value is -3.28. The summed E-state index contributed by atoms with van der Waals surface area (Å²) < 4.78 is 11.2. The first-order chi connectivity index (χ1) is 12.5. The second-order valence-corrected chi connectivity index (χ2v) is 5.97. The smallest absolute Gasteiger partial charge is 0.258 e. The molecule has 1 atom stereocenters. The molecule has 0 saturated carbocycles. The number of rotatable bonds is 6. The molecule has 0 fully saturated rings. The van der Waals surface area contributed by atoms with Crippen LogP contribution in [0.1, 0.15) is 25.6 Å². The van der Waals surface area contributed by atoms with Crippen LogP contribution in [-0.4, -0.2) is 18.4 Å². The number of hydrogen-bond donors (Lipinski definition) is 2. The Morgan fingerprint density at radius 3 is 2.54 bits per heavy atom. The molecule has 6 heteroatoms. The van der Waals surface area contributed by atoms with Crippen molar-refractivity contribution in [1.82, 2.24) is 5.32 Å². The minimum atomic E-state index is -0.263. The number of benzene rings is 2. The summed E-state index contributed by atoms with van der Waals surface area (Å²) in [6.07, 6.45) is 0. The highest BCUT2D eigenvalue weighted by Crippen LogP contribution is 2.23. The molecule has 0 spiro atoms. The molecule has 3 aromatic rings. The fourth-order valence-corrected chi connectivity index (χ4v) is 2.56. The molecule has 2 N–H and O–H groups in total. The second-order valence-electron chi connectivity index (χ2n) is 5.97. The van der Waals surface area contributed by atoms with Crippen LogP contribution >= 0.6 is 0 Å². The van der Waals surface area contributed by atoms with Crippen molar-refractivity contribution in [1.29, 1.82) is 0 Å². The van der Waals surface area contributed by atoms with Gasteiger partial charge in [0.15, 0.2) is 6.61 Å². The highest BCUT2D eigenvalue weighted by atomic mass is 16.5. The van der Waals surface area contributed by atoms with Gasteiger partial charge in [-0.15, -0.1) is 0 Å². The molecule has 6 nitrogen and oxygen atoms in total. The molecule has 3 rings (SSSR count). The van der Waals surface area contributed by atoms with Gasteiger partial charge in [0.25, 0.3) is 5.91 Å². The normalized spacial score (nSPS) is 11.8. The van der Waals surface area contributed by atoms with Crippen molar-refractivity contribution in [3.05, 3.63) is 60.4 Å². The van der Waals surface area contributed by atoms with Crippen LogP contribution in [0, 0.1) is 0 Å². The van der Waals surface area contributed by atoms with Crippen molar-refractivity contribution < 1.29 is 18.7 Å². The van der Waals surface area contributed by atoms with Gasteiger partial charge in [0.05, 0.1) is 6.04 Å². The van der Waals surface area contributed by atoms with Gasteiger partial charge >= 0.3 is 0 Å². The molecule has 0 radical (unpaired) electrons. The Balaban J connectivity index is 1.52. The molecule has 1 aromatic heterocycles. The van der Waals surface area contributed by atoms with Gasteiger partial charge in [0, 0.05) is 18.0 Å². The number of carbonyl (C=O) groups is 2. The predicted octanol–water partition coefficient (Wildman–Crippen LogP) is 3.65. The zero-order chi connectivity index (χ0) is 18.5. The Kier molecular flexibility index (Phi) is 5.22. The number of hydrogen-bond acceptors (Lipinski definition) is 4. The van der Waals surface area contributed by atoms with Crippen molar-refractivity contribution in [2.75, 3.05) is 11.9 Å². The maximum Gasteiger partial charge on any atom is 0.258 e. The van der Waals surface area contributed by atoms with Gasteiger partial charge in [-0.05, 0) is 43.3 Å². The van der Waals surface area contributed by atoms with Crippen molar-refractivity contribution in [3.63, 3.8) is 0 Å². The van der Waals surface area contributed by atoms with E-state index in [1.807, 2.05) is 37.3 Å². The van der Waals surface area contributed by atoms with Gasteiger partial charge in [-0.3, -0.25) is 9.59 Å². The van der Waals surface area contributed by atoms with Crippen molar-refractivity contribution in [3.8, 4) is 5.75 Å². The van der Waals surface area contributed by atoms with Gasteiger partial charge in [0.1, 0.15) is 17.1 Å². The molecule has 26 heavy (non-hydrogen) atoms. The molecule has 134 valence electrons. The molecule has 2 aromatic carbocycles. The van der Waals surface area contributed by atoms with Crippen molar-refractivity contribution >= 4 is 28.5 Å². The molecule has 1 heterocycles. The first kappa shape index (κ1) is 17.5. The zero-order valence-electron chi connectivity index (χ0n) is 14.6. The van der Waals surface area contributed by atoms with Gasteiger partial charge in [-0.25, -0.2) is 0 Å². The summed E-state index contributed by atoms with van der Waals surface area (Å²) in [6.45, 7) is 3.19. The zero-order valence-corrected chi connectivity index (χ0v) is 14.6. The van der Waals surface area contributed by atoms with E-state index in [1.54, 1.807) is 24.3 Å². The summed E-state index contributed by atoms with van der Waals surface area (Å²) >= 11 is 0. The Labute approximate surface area is 151 Å². The molecule has 0 bridgehead atoms. The molecular weight excluding hydrogens is 332 g/mol. The lowest BCUT2D eigenvalue weighted by atomic mass is 10.2. The number of fused-ring (bicyclic) bond motifs is 1. The third-order valence-electron chi connectivity index (χ3n) is 3.79. The third-order valence-corrected chi connectivity index (χ3v) is 3.79. The van der Waals surface area contributed by atoms with Crippen LogP contribution in [0.4, 0.5) is 5.69 Å². The molecule has 0 saturated heterocycles. The van der Waals surface area contributed by atoms with Crippen LogP contribution in [0.2, 0.25) is 0 Å². The van der Waals surface area contributed by atoms with Crippen LogP contribution in [0.25, 0.3) is 11.0 Å². The predicted molar refractivity (Wildman–Crippen MR) is 99.0 cm³/mol. The minimum absolute atomic E-state index is 0.107. The highest BCUT2D eigenvalue weighted by molar-refractivity contribution is 5.88. The average molecular weight is 352 g/mol. The van der Waals surface area contributed by atoms with Crippen molar-refractivity contribution in [2.45, 2.75) is 19.9 Å². The lowest BCUT2D eigenvalue weighted by Gasteiger charge is -2.12.